The second kappa shape index (κ2) is 9.07. The molecule has 0 unspecified atom stereocenters. The maximum Gasteiger partial charge on any atom is 0.384 e. The molecule has 0 fully saturated rings. The van der Waals surface area contributed by atoms with Gasteiger partial charge >= 0.3 is 11.9 Å². The van der Waals surface area contributed by atoms with E-state index >= 15 is 0 Å². The van der Waals surface area contributed by atoms with E-state index in [4.69, 9.17) is 6.42 Å². The fourth-order valence-corrected chi connectivity index (χ4v) is 1.03. The number of methoxy groups -OCH3 is 1. The Hall–Kier alpha value is -1.50. The van der Waals surface area contributed by atoms with Gasteiger partial charge in [0.25, 0.3) is 0 Å². The molecule has 0 aromatic heterocycles. The summed E-state index contributed by atoms with van der Waals surface area (Å²) < 4.78 is 9.17. The van der Waals surface area contributed by atoms with Crippen molar-refractivity contribution in [3.05, 3.63) is 0 Å². The average molecular weight is 212 g/mol. The average Bonchev–Trinajstić information content (AvgIpc) is 2.26. The van der Waals surface area contributed by atoms with Crippen LogP contribution < -0.4 is 0 Å². The van der Waals surface area contributed by atoms with Crippen molar-refractivity contribution in [3.8, 4) is 12.3 Å². The summed E-state index contributed by atoms with van der Waals surface area (Å²) in [4.78, 5) is 21.2. The molecular weight excluding hydrogens is 196 g/mol. The molecule has 0 radical (unpaired) electrons. The first-order valence-electron chi connectivity index (χ1n) is 4.91. The van der Waals surface area contributed by atoms with Gasteiger partial charge in [-0.1, -0.05) is 12.8 Å². The van der Waals surface area contributed by atoms with Gasteiger partial charge in [-0.15, -0.1) is 6.42 Å². The van der Waals surface area contributed by atoms with Crippen LogP contribution in [0.1, 0.15) is 32.1 Å². The number of rotatable bonds is 7. The summed E-state index contributed by atoms with van der Waals surface area (Å²) in [5, 5.41) is 0. The Morgan fingerprint density at radius 1 is 1.20 bits per heavy atom. The molecule has 0 amide bonds. The van der Waals surface area contributed by atoms with Crippen molar-refractivity contribution >= 4 is 11.9 Å². The van der Waals surface area contributed by atoms with E-state index in [0.717, 1.165) is 25.7 Å². The molecular formula is C11H16O4. The minimum absolute atomic E-state index is 0.186. The number of ether oxygens (including phenoxy) is 2. The minimum Gasteiger partial charge on any atom is -0.469 e. The lowest BCUT2D eigenvalue weighted by Crippen LogP contribution is -2.02. The highest BCUT2D eigenvalue weighted by molar-refractivity contribution is 5.87. The largest absolute Gasteiger partial charge is 0.469 e. The van der Waals surface area contributed by atoms with Crippen molar-refractivity contribution in [1.82, 2.24) is 0 Å². The molecule has 15 heavy (non-hydrogen) atoms. The van der Waals surface area contributed by atoms with Gasteiger partial charge in [-0.25, -0.2) is 4.79 Å². The first-order chi connectivity index (χ1) is 7.20. The lowest BCUT2D eigenvalue weighted by atomic mass is 10.1. The molecule has 0 aromatic rings. The first-order valence-corrected chi connectivity index (χ1v) is 4.91. The predicted octanol–water partition coefficient (Wildman–Crippen LogP) is 1.29. The summed E-state index contributed by atoms with van der Waals surface area (Å²) in [6, 6.07) is 0. The third kappa shape index (κ3) is 8.82. The van der Waals surface area contributed by atoms with Crippen LogP contribution in [-0.2, 0) is 19.1 Å². The number of carbonyl (C=O) groups is 2. The van der Waals surface area contributed by atoms with Crippen molar-refractivity contribution in [2.45, 2.75) is 32.1 Å². The molecule has 0 aliphatic carbocycles. The number of terminal acetylenes is 1. The van der Waals surface area contributed by atoms with Crippen LogP contribution in [0.15, 0.2) is 0 Å². The zero-order valence-corrected chi connectivity index (χ0v) is 8.95. The molecule has 0 spiro atoms. The van der Waals surface area contributed by atoms with E-state index in [1.54, 1.807) is 0 Å². The topological polar surface area (TPSA) is 52.6 Å². The van der Waals surface area contributed by atoms with E-state index in [9.17, 15) is 9.59 Å². The summed E-state index contributed by atoms with van der Waals surface area (Å²) in [5.74, 6) is 1.06. The highest BCUT2D eigenvalue weighted by Crippen LogP contribution is 2.03. The van der Waals surface area contributed by atoms with E-state index in [-0.39, 0.29) is 5.97 Å². The molecule has 0 heterocycles. The van der Waals surface area contributed by atoms with E-state index in [2.05, 4.69) is 9.47 Å². The lowest BCUT2D eigenvalue weighted by molar-refractivity contribution is -0.140. The van der Waals surface area contributed by atoms with Crippen LogP contribution in [0.3, 0.4) is 0 Å². The second-order valence-corrected chi connectivity index (χ2v) is 3.02. The van der Waals surface area contributed by atoms with Gasteiger partial charge in [0.15, 0.2) is 0 Å². The van der Waals surface area contributed by atoms with Crippen molar-refractivity contribution < 1.29 is 19.1 Å². The Balaban J connectivity index is 3.16. The number of carbonyl (C=O) groups excluding carboxylic acids is 2. The Morgan fingerprint density at radius 2 is 1.87 bits per heavy atom. The molecule has 0 aliphatic rings. The number of hydrogen-bond acceptors (Lipinski definition) is 4. The maximum atomic E-state index is 10.7. The molecule has 0 bridgehead atoms. The van der Waals surface area contributed by atoms with Crippen molar-refractivity contribution in [2.75, 3.05) is 13.7 Å². The molecule has 0 aliphatic heterocycles. The summed E-state index contributed by atoms with van der Waals surface area (Å²) in [5.41, 5.74) is 0. The zero-order valence-electron chi connectivity index (χ0n) is 8.95. The molecule has 0 N–H and O–H groups in total. The van der Waals surface area contributed by atoms with Crippen LogP contribution in [0.4, 0.5) is 0 Å². The molecule has 0 aromatic carbocycles. The fraction of sp³-hybridized carbons (Fsp3) is 0.636. The van der Waals surface area contributed by atoms with Crippen molar-refractivity contribution in [3.63, 3.8) is 0 Å². The molecule has 0 atom stereocenters. The molecule has 0 saturated carbocycles. The van der Waals surface area contributed by atoms with Crippen LogP contribution in [0.2, 0.25) is 0 Å². The van der Waals surface area contributed by atoms with E-state index in [1.807, 2.05) is 5.92 Å². The molecule has 84 valence electrons. The predicted molar refractivity (Wildman–Crippen MR) is 54.9 cm³/mol. The fourth-order valence-electron chi connectivity index (χ4n) is 1.03. The quantitative estimate of drug-likeness (QED) is 0.276. The monoisotopic (exact) mass is 212 g/mol. The van der Waals surface area contributed by atoms with Gasteiger partial charge in [0.05, 0.1) is 13.7 Å². The Labute approximate surface area is 89.9 Å². The number of esters is 2. The third-order valence-corrected chi connectivity index (χ3v) is 1.85. The standard InChI is InChI=1S/C11H16O4/c1-3-10(12)15-9-7-5-4-6-8-11(13)14-2/h1H,4-9H2,2H3. The van der Waals surface area contributed by atoms with E-state index in [1.165, 1.54) is 7.11 Å². The molecule has 0 rings (SSSR count). The smallest absolute Gasteiger partial charge is 0.384 e. The zero-order chi connectivity index (χ0) is 11.5. The van der Waals surface area contributed by atoms with E-state index < -0.39 is 5.97 Å². The van der Waals surface area contributed by atoms with Crippen molar-refractivity contribution in [2.24, 2.45) is 0 Å². The van der Waals surface area contributed by atoms with Crippen LogP contribution in [0, 0.1) is 12.3 Å². The van der Waals surface area contributed by atoms with Crippen molar-refractivity contribution in [1.29, 1.82) is 0 Å². The van der Waals surface area contributed by atoms with Crippen LogP contribution in [0.25, 0.3) is 0 Å². The Bertz CT molecular complexity index is 239. The van der Waals surface area contributed by atoms with Gasteiger partial charge in [-0.2, -0.15) is 0 Å². The number of unbranched alkanes of at least 4 members (excludes halogenated alkanes) is 3. The van der Waals surface area contributed by atoms with Gasteiger partial charge in [-0.05, 0) is 12.8 Å². The molecule has 4 heteroatoms. The van der Waals surface area contributed by atoms with Crippen LogP contribution >= 0.6 is 0 Å². The number of hydrogen-bond donors (Lipinski definition) is 0. The molecule has 4 nitrogen and oxygen atoms in total. The van der Waals surface area contributed by atoms with E-state index in [0.29, 0.717) is 13.0 Å². The third-order valence-electron chi connectivity index (χ3n) is 1.85. The Kier molecular flexibility index (Phi) is 8.16. The van der Waals surface area contributed by atoms with Gasteiger partial charge in [0.1, 0.15) is 0 Å². The summed E-state index contributed by atoms with van der Waals surface area (Å²) in [7, 11) is 1.38. The van der Waals surface area contributed by atoms with Crippen LogP contribution in [-0.4, -0.2) is 25.7 Å². The maximum absolute atomic E-state index is 10.7. The van der Waals surface area contributed by atoms with Crippen LogP contribution in [0.5, 0.6) is 0 Å². The normalized spacial score (nSPS) is 9.07. The van der Waals surface area contributed by atoms with Gasteiger partial charge in [-0.3, -0.25) is 4.79 Å². The minimum atomic E-state index is -0.621. The Morgan fingerprint density at radius 3 is 2.47 bits per heavy atom. The SMILES string of the molecule is C#CC(=O)OCCCCCCC(=O)OC. The first kappa shape index (κ1) is 13.5. The summed E-state index contributed by atoms with van der Waals surface area (Å²) >= 11 is 0. The van der Waals surface area contributed by atoms with Gasteiger partial charge in [0.2, 0.25) is 0 Å². The highest BCUT2D eigenvalue weighted by atomic mass is 16.5. The highest BCUT2D eigenvalue weighted by Gasteiger charge is 1.99. The lowest BCUT2D eigenvalue weighted by Gasteiger charge is -2.01. The second-order valence-electron chi connectivity index (χ2n) is 3.02. The van der Waals surface area contributed by atoms with Gasteiger partial charge in [0, 0.05) is 12.3 Å². The summed E-state index contributed by atoms with van der Waals surface area (Å²) in [6.07, 6.45) is 8.66. The molecule has 0 saturated heterocycles. The van der Waals surface area contributed by atoms with Gasteiger partial charge < -0.3 is 9.47 Å². The summed E-state index contributed by atoms with van der Waals surface area (Å²) in [6.45, 7) is 0.348.